The van der Waals surface area contributed by atoms with Crippen molar-refractivity contribution in [1.82, 2.24) is 4.90 Å². The van der Waals surface area contributed by atoms with Gasteiger partial charge in [0.1, 0.15) is 6.07 Å². The lowest BCUT2D eigenvalue weighted by molar-refractivity contribution is 0.187. The minimum Gasteiger partial charge on any atom is -0.384 e. The molecule has 2 heterocycles. The van der Waals surface area contributed by atoms with Gasteiger partial charge in [0.25, 0.3) is 0 Å². The smallest absolute Gasteiger partial charge is 0.101 e. The highest BCUT2D eigenvalue weighted by molar-refractivity contribution is 5.57. The van der Waals surface area contributed by atoms with Crippen molar-refractivity contribution in [2.45, 2.75) is 37.6 Å². The number of para-hydroxylation sites is 1. The Balaban J connectivity index is 1.60. The zero-order valence-corrected chi connectivity index (χ0v) is 11.4. The van der Waals surface area contributed by atoms with E-state index in [9.17, 15) is 0 Å². The Morgan fingerprint density at radius 2 is 1.95 bits per heavy atom. The van der Waals surface area contributed by atoms with Crippen LogP contribution in [0.15, 0.2) is 24.3 Å². The summed E-state index contributed by atoms with van der Waals surface area (Å²) in [7, 11) is 0. The van der Waals surface area contributed by atoms with E-state index in [2.05, 4.69) is 16.3 Å². The Hall–Kier alpha value is -1.53. The first-order valence-corrected chi connectivity index (χ1v) is 7.32. The van der Waals surface area contributed by atoms with Crippen molar-refractivity contribution >= 4 is 5.69 Å². The molecule has 2 aliphatic heterocycles. The molecule has 0 atom stereocenters. The van der Waals surface area contributed by atoms with Crippen LogP contribution in [-0.2, 0) is 0 Å². The van der Waals surface area contributed by atoms with E-state index < -0.39 is 0 Å². The summed E-state index contributed by atoms with van der Waals surface area (Å²) in [5, 5.41) is 12.5. The summed E-state index contributed by atoms with van der Waals surface area (Å²) in [6.07, 6.45) is 6.62. The fourth-order valence-corrected chi connectivity index (χ4v) is 3.80. The predicted molar refractivity (Wildman–Crippen MR) is 77.0 cm³/mol. The van der Waals surface area contributed by atoms with Crippen LogP contribution in [0.1, 0.15) is 37.7 Å². The predicted octanol–water partition coefficient (Wildman–Crippen LogP) is 2.99. The molecule has 3 nitrogen and oxygen atoms in total. The Morgan fingerprint density at radius 3 is 2.68 bits per heavy atom. The van der Waals surface area contributed by atoms with E-state index in [0.29, 0.717) is 5.54 Å². The zero-order chi connectivity index (χ0) is 13.1. The van der Waals surface area contributed by atoms with Crippen LogP contribution in [0, 0.1) is 11.3 Å². The van der Waals surface area contributed by atoms with Crippen LogP contribution in [0.5, 0.6) is 0 Å². The highest BCUT2D eigenvalue weighted by atomic mass is 15.2. The normalized spacial score (nSPS) is 21.0. The van der Waals surface area contributed by atoms with Gasteiger partial charge in [-0.1, -0.05) is 12.1 Å². The minimum atomic E-state index is 0.467. The van der Waals surface area contributed by atoms with E-state index in [1.165, 1.54) is 45.2 Å². The van der Waals surface area contributed by atoms with E-state index >= 15 is 0 Å². The second kappa shape index (κ2) is 5.22. The molecule has 0 bridgehead atoms. The summed E-state index contributed by atoms with van der Waals surface area (Å²) < 4.78 is 0. The summed E-state index contributed by atoms with van der Waals surface area (Å²) in [6.45, 7) is 3.54. The first kappa shape index (κ1) is 12.5. The monoisotopic (exact) mass is 255 g/mol. The SMILES string of the molecule is N#Cc1ccccc1NCCC12CCCN1CCC2. The third-order valence-corrected chi connectivity index (χ3v) is 4.76. The summed E-state index contributed by atoms with van der Waals surface area (Å²) in [5.74, 6) is 0. The third-order valence-electron chi connectivity index (χ3n) is 4.76. The van der Waals surface area contributed by atoms with Crippen molar-refractivity contribution in [3.63, 3.8) is 0 Å². The van der Waals surface area contributed by atoms with Gasteiger partial charge in [-0.3, -0.25) is 4.90 Å². The van der Waals surface area contributed by atoms with E-state index in [1.807, 2.05) is 24.3 Å². The molecule has 0 unspecified atom stereocenters. The summed E-state index contributed by atoms with van der Waals surface area (Å²) in [5.41, 5.74) is 2.19. The second-order valence-electron chi connectivity index (χ2n) is 5.75. The van der Waals surface area contributed by atoms with Gasteiger partial charge < -0.3 is 5.32 Å². The summed E-state index contributed by atoms with van der Waals surface area (Å²) >= 11 is 0. The highest BCUT2D eigenvalue weighted by Gasteiger charge is 2.43. The lowest BCUT2D eigenvalue weighted by atomic mass is 9.90. The quantitative estimate of drug-likeness (QED) is 0.899. The Bertz CT molecular complexity index is 479. The standard InChI is InChI=1S/C16H21N3/c17-13-14-5-1-2-6-15(14)18-10-9-16-7-3-11-19(16)12-4-8-16/h1-2,5-6,18H,3-4,7-12H2. The Labute approximate surface area is 115 Å². The van der Waals surface area contributed by atoms with Crippen LogP contribution < -0.4 is 5.32 Å². The van der Waals surface area contributed by atoms with Gasteiger partial charge in [0.2, 0.25) is 0 Å². The number of benzene rings is 1. The minimum absolute atomic E-state index is 0.467. The average Bonchev–Trinajstić information content (AvgIpc) is 2.99. The van der Waals surface area contributed by atoms with Crippen LogP contribution >= 0.6 is 0 Å². The molecular formula is C16H21N3. The number of nitrogens with one attached hydrogen (secondary N) is 1. The highest BCUT2D eigenvalue weighted by Crippen LogP contribution is 2.41. The molecule has 0 aliphatic carbocycles. The van der Waals surface area contributed by atoms with Crippen LogP contribution in [0.3, 0.4) is 0 Å². The molecule has 19 heavy (non-hydrogen) atoms. The van der Waals surface area contributed by atoms with Gasteiger partial charge in [0.15, 0.2) is 0 Å². The molecule has 3 rings (SSSR count). The summed E-state index contributed by atoms with van der Waals surface area (Å²) in [4.78, 5) is 2.69. The number of nitrogens with zero attached hydrogens (tertiary/aromatic N) is 2. The fraction of sp³-hybridized carbons (Fsp3) is 0.562. The molecule has 2 aliphatic rings. The second-order valence-corrected chi connectivity index (χ2v) is 5.75. The van der Waals surface area contributed by atoms with Crippen molar-refractivity contribution in [2.24, 2.45) is 0 Å². The zero-order valence-electron chi connectivity index (χ0n) is 11.4. The van der Waals surface area contributed by atoms with E-state index in [4.69, 9.17) is 5.26 Å². The number of nitriles is 1. The van der Waals surface area contributed by atoms with E-state index in [0.717, 1.165) is 17.8 Å². The van der Waals surface area contributed by atoms with Gasteiger partial charge in [-0.25, -0.2) is 0 Å². The molecule has 2 fully saturated rings. The lowest BCUT2D eigenvalue weighted by Gasteiger charge is -2.32. The maximum Gasteiger partial charge on any atom is 0.101 e. The molecule has 1 N–H and O–H groups in total. The van der Waals surface area contributed by atoms with Gasteiger partial charge >= 0.3 is 0 Å². The molecule has 0 amide bonds. The van der Waals surface area contributed by atoms with E-state index in [1.54, 1.807) is 0 Å². The lowest BCUT2D eigenvalue weighted by Crippen LogP contribution is -2.39. The molecule has 3 heteroatoms. The third kappa shape index (κ3) is 2.33. The van der Waals surface area contributed by atoms with Crippen molar-refractivity contribution in [2.75, 3.05) is 25.0 Å². The molecular weight excluding hydrogens is 234 g/mol. The van der Waals surface area contributed by atoms with E-state index in [-0.39, 0.29) is 0 Å². The molecule has 1 aromatic carbocycles. The van der Waals surface area contributed by atoms with Crippen molar-refractivity contribution in [3.8, 4) is 6.07 Å². The Kier molecular flexibility index (Phi) is 3.44. The number of fused-ring (bicyclic) bond motifs is 1. The van der Waals surface area contributed by atoms with Crippen molar-refractivity contribution in [1.29, 1.82) is 5.26 Å². The number of anilines is 1. The van der Waals surface area contributed by atoms with Crippen LogP contribution in [-0.4, -0.2) is 30.1 Å². The fourth-order valence-electron chi connectivity index (χ4n) is 3.80. The van der Waals surface area contributed by atoms with Gasteiger partial charge in [-0.05, 0) is 57.3 Å². The maximum atomic E-state index is 9.08. The van der Waals surface area contributed by atoms with Crippen LogP contribution in [0.25, 0.3) is 0 Å². The molecule has 0 aromatic heterocycles. The van der Waals surface area contributed by atoms with Gasteiger partial charge in [0.05, 0.1) is 11.3 Å². The maximum absolute atomic E-state index is 9.08. The number of hydrogen-bond acceptors (Lipinski definition) is 3. The molecule has 1 aromatic rings. The molecule has 0 spiro atoms. The largest absolute Gasteiger partial charge is 0.384 e. The number of rotatable bonds is 4. The van der Waals surface area contributed by atoms with Gasteiger partial charge in [0, 0.05) is 12.1 Å². The van der Waals surface area contributed by atoms with Gasteiger partial charge in [-0.2, -0.15) is 5.26 Å². The van der Waals surface area contributed by atoms with Gasteiger partial charge in [-0.15, -0.1) is 0 Å². The molecule has 2 saturated heterocycles. The van der Waals surface area contributed by atoms with Crippen molar-refractivity contribution < 1.29 is 0 Å². The molecule has 0 radical (unpaired) electrons. The first-order chi connectivity index (χ1) is 9.34. The van der Waals surface area contributed by atoms with Crippen LogP contribution in [0.2, 0.25) is 0 Å². The summed E-state index contributed by atoms with van der Waals surface area (Å²) in [6, 6.07) is 10.0. The molecule has 0 saturated carbocycles. The molecule has 100 valence electrons. The first-order valence-electron chi connectivity index (χ1n) is 7.32. The average molecular weight is 255 g/mol. The van der Waals surface area contributed by atoms with Crippen LogP contribution in [0.4, 0.5) is 5.69 Å². The topological polar surface area (TPSA) is 39.1 Å². The van der Waals surface area contributed by atoms with Crippen molar-refractivity contribution in [3.05, 3.63) is 29.8 Å². The number of hydrogen-bond donors (Lipinski definition) is 1. The Morgan fingerprint density at radius 1 is 1.21 bits per heavy atom.